The van der Waals surface area contributed by atoms with Gasteiger partial charge in [0, 0.05) is 31.3 Å². The first kappa shape index (κ1) is 14.3. The van der Waals surface area contributed by atoms with Gasteiger partial charge in [-0.15, -0.1) is 0 Å². The van der Waals surface area contributed by atoms with Crippen molar-refractivity contribution in [1.82, 2.24) is 4.90 Å². The van der Waals surface area contributed by atoms with Gasteiger partial charge in [0.1, 0.15) is 0 Å². The maximum Gasteiger partial charge on any atom is 0.0484 e. The van der Waals surface area contributed by atoms with E-state index in [1.54, 1.807) is 0 Å². The Morgan fingerprint density at radius 1 is 1.28 bits per heavy atom. The van der Waals surface area contributed by atoms with Crippen LogP contribution >= 0.6 is 0 Å². The van der Waals surface area contributed by atoms with Gasteiger partial charge in [-0.25, -0.2) is 0 Å². The predicted octanol–water partition coefficient (Wildman–Crippen LogP) is 2.39. The Hall–Kier alpha value is -0.120. The summed E-state index contributed by atoms with van der Waals surface area (Å²) in [5.74, 6) is 0.781. The first-order chi connectivity index (χ1) is 8.68. The summed E-state index contributed by atoms with van der Waals surface area (Å²) in [6, 6.07) is 0.811. The predicted molar refractivity (Wildman–Crippen MR) is 75.6 cm³/mol. The van der Waals surface area contributed by atoms with Crippen molar-refractivity contribution in [3.8, 4) is 0 Å². The lowest BCUT2D eigenvalue weighted by molar-refractivity contribution is 0.0556. The summed E-state index contributed by atoms with van der Waals surface area (Å²) in [5, 5.41) is 0. The molecule has 3 nitrogen and oxygen atoms in total. The van der Waals surface area contributed by atoms with Crippen LogP contribution in [0.3, 0.4) is 0 Å². The standard InChI is InChI=1S/C15H30N2O/c1-13(2)6-9-17(14-4-5-14)15(12-16)7-3-10-18-11-8-15/h13-14H,3-12,16H2,1-2H3. The fraction of sp³-hybridized carbons (Fsp3) is 1.00. The Bertz CT molecular complexity index is 243. The molecule has 1 heterocycles. The average molecular weight is 254 g/mol. The molecule has 3 heteroatoms. The van der Waals surface area contributed by atoms with E-state index in [0.717, 1.165) is 38.1 Å². The molecule has 0 aromatic rings. The van der Waals surface area contributed by atoms with Crippen molar-refractivity contribution in [2.24, 2.45) is 11.7 Å². The summed E-state index contributed by atoms with van der Waals surface area (Å²) in [5.41, 5.74) is 6.41. The molecule has 106 valence electrons. The summed E-state index contributed by atoms with van der Waals surface area (Å²) >= 11 is 0. The van der Waals surface area contributed by atoms with Crippen molar-refractivity contribution in [3.05, 3.63) is 0 Å². The molecule has 0 radical (unpaired) electrons. The first-order valence-electron chi connectivity index (χ1n) is 7.72. The second kappa shape index (κ2) is 6.36. The maximum absolute atomic E-state index is 6.18. The molecule has 1 saturated heterocycles. The van der Waals surface area contributed by atoms with E-state index in [0.29, 0.717) is 0 Å². The first-order valence-corrected chi connectivity index (χ1v) is 7.72. The topological polar surface area (TPSA) is 38.5 Å². The van der Waals surface area contributed by atoms with Gasteiger partial charge >= 0.3 is 0 Å². The molecule has 1 aliphatic heterocycles. The Morgan fingerprint density at radius 2 is 2.06 bits per heavy atom. The number of nitrogens with zero attached hydrogens (tertiary/aromatic N) is 1. The minimum absolute atomic E-state index is 0.229. The summed E-state index contributed by atoms with van der Waals surface area (Å²) in [7, 11) is 0. The molecule has 0 aromatic heterocycles. The van der Waals surface area contributed by atoms with E-state index in [-0.39, 0.29) is 5.54 Å². The summed E-state index contributed by atoms with van der Waals surface area (Å²) in [6.45, 7) is 8.46. The second-order valence-electron chi connectivity index (χ2n) is 6.50. The van der Waals surface area contributed by atoms with E-state index in [4.69, 9.17) is 10.5 Å². The van der Waals surface area contributed by atoms with E-state index < -0.39 is 0 Å². The van der Waals surface area contributed by atoms with Crippen molar-refractivity contribution in [1.29, 1.82) is 0 Å². The van der Waals surface area contributed by atoms with Crippen LogP contribution in [0.1, 0.15) is 52.4 Å². The molecule has 0 spiro atoms. The van der Waals surface area contributed by atoms with Gasteiger partial charge in [0.2, 0.25) is 0 Å². The lowest BCUT2D eigenvalue weighted by atomic mass is 9.87. The van der Waals surface area contributed by atoms with Gasteiger partial charge < -0.3 is 10.5 Å². The van der Waals surface area contributed by atoms with E-state index in [1.807, 2.05) is 0 Å². The van der Waals surface area contributed by atoms with E-state index >= 15 is 0 Å². The fourth-order valence-electron chi connectivity index (χ4n) is 3.19. The highest BCUT2D eigenvalue weighted by atomic mass is 16.5. The number of nitrogens with two attached hydrogens (primary N) is 1. The minimum atomic E-state index is 0.229. The SMILES string of the molecule is CC(C)CCN(C1CC1)C1(CN)CCCOCC1. The molecule has 2 N–H and O–H groups in total. The zero-order valence-electron chi connectivity index (χ0n) is 12.2. The highest BCUT2D eigenvalue weighted by Gasteiger charge is 2.43. The van der Waals surface area contributed by atoms with Crippen LogP contribution in [-0.4, -0.2) is 42.8 Å². The number of hydrogen-bond donors (Lipinski definition) is 1. The summed E-state index contributed by atoms with van der Waals surface area (Å²) < 4.78 is 5.65. The third kappa shape index (κ3) is 3.46. The molecule has 1 atom stereocenters. The van der Waals surface area contributed by atoms with Crippen molar-refractivity contribution >= 4 is 0 Å². The number of hydrogen-bond acceptors (Lipinski definition) is 3. The molecule has 0 amide bonds. The smallest absolute Gasteiger partial charge is 0.0484 e. The zero-order chi connectivity index (χ0) is 13.0. The Labute approximate surface area is 112 Å². The van der Waals surface area contributed by atoms with E-state index in [2.05, 4.69) is 18.7 Å². The van der Waals surface area contributed by atoms with E-state index in [9.17, 15) is 0 Å². The van der Waals surface area contributed by atoms with E-state index in [1.165, 1.54) is 38.6 Å². The molecule has 2 rings (SSSR count). The molecular weight excluding hydrogens is 224 g/mol. The highest BCUT2D eigenvalue weighted by Crippen LogP contribution is 2.38. The molecule has 0 aromatic carbocycles. The highest BCUT2D eigenvalue weighted by molar-refractivity contribution is 4.99. The summed E-state index contributed by atoms with van der Waals surface area (Å²) in [6.07, 6.45) is 7.55. The van der Waals surface area contributed by atoms with Crippen LogP contribution in [0.2, 0.25) is 0 Å². The quantitative estimate of drug-likeness (QED) is 0.791. The molecule has 18 heavy (non-hydrogen) atoms. The van der Waals surface area contributed by atoms with Gasteiger partial charge in [-0.2, -0.15) is 0 Å². The van der Waals surface area contributed by atoms with Crippen LogP contribution in [0, 0.1) is 5.92 Å². The van der Waals surface area contributed by atoms with Gasteiger partial charge in [-0.3, -0.25) is 4.90 Å². The molecule has 2 fully saturated rings. The maximum atomic E-state index is 6.18. The van der Waals surface area contributed by atoms with Crippen molar-refractivity contribution in [3.63, 3.8) is 0 Å². The average Bonchev–Trinajstić information content (AvgIpc) is 3.16. The Balaban J connectivity index is 2.04. The second-order valence-corrected chi connectivity index (χ2v) is 6.50. The van der Waals surface area contributed by atoms with Crippen molar-refractivity contribution in [2.75, 3.05) is 26.3 Å². The van der Waals surface area contributed by atoms with Crippen LogP contribution in [0.5, 0.6) is 0 Å². The molecule has 1 aliphatic carbocycles. The molecule has 1 unspecified atom stereocenters. The van der Waals surface area contributed by atoms with Gasteiger partial charge in [0.05, 0.1) is 0 Å². The number of ether oxygens (including phenoxy) is 1. The van der Waals surface area contributed by atoms with Crippen molar-refractivity contribution < 1.29 is 4.74 Å². The minimum Gasteiger partial charge on any atom is -0.381 e. The fourth-order valence-corrected chi connectivity index (χ4v) is 3.19. The normalized spacial score (nSPS) is 29.8. The monoisotopic (exact) mass is 254 g/mol. The lowest BCUT2D eigenvalue weighted by Gasteiger charge is -2.43. The lowest BCUT2D eigenvalue weighted by Crippen LogP contribution is -2.55. The Morgan fingerprint density at radius 3 is 2.67 bits per heavy atom. The largest absolute Gasteiger partial charge is 0.381 e. The van der Waals surface area contributed by atoms with Gasteiger partial charge in [0.25, 0.3) is 0 Å². The third-order valence-corrected chi connectivity index (χ3v) is 4.57. The molecule has 2 aliphatic rings. The molecule has 0 bridgehead atoms. The Kier molecular flexibility index (Phi) is 5.05. The van der Waals surface area contributed by atoms with Gasteiger partial charge in [-0.1, -0.05) is 13.8 Å². The summed E-state index contributed by atoms with van der Waals surface area (Å²) in [4.78, 5) is 2.75. The number of rotatable bonds is 6. The molecular formula is C15H30N2O. The van der Waals surface area contributed by atoms with Gasteiger partial charge in [0.15, 0.2) is 0 Å². The van der Waals surface area contributed by atoms with Gasteiger partial charge in [-0.05, 0) is 51.0 Å². The van der Waals surface area contributed by atoms with Crippen molar-refractivity contribution in [2.45, 2.75) is 64.0 Å². The van der Waals surface area contributed by atoms with Crippen LogP contribution in [0.4, 0.5) is 0 Å². The molecule has 1 saturated carbocycles. The van der Waals surface area contributed by atoms with Crippen LogP contribution in [0.25, 0.3) is 0 Å². The van der Waals surface area contributed by atoms with Crippen LogP contribution in [0.15, 0.2) is 0 Å². The third-order valence-electron chi connectivity index (χ3n) is 4.57. The zero-order valence-corrected chi connectivity index (χ0v) is 12.2. The van der Waals surface area contributed by atoms with Crippen LogP contribution < -0.4 is 5.73 Å². The van der Waals surface area contributed by atoms with Crippen LogP contribution in [-0.2, 0) is 4.74 Å².